The number of aromatic nitrogens is 1. The zero-order valence-electron chi connectivity index (χ0n) is 13.5. The third kappa shape index (κ3) is 3.97. The summed E-state index contributed by atoms with van der Waals surface area (Å²) in [6.07, 6.45) is 0. The van der Waals surface area contributed by atoms with Gasteiger partial charge in [-0.2, -0.15) is 0 Å². The monoisotopic (exact) mass is 289 g/mol. The first-order valence-electron chi connectivity index (χ1n) is 7.05. The predicted octanol–water partition coefficient (Wildman–Crippen LogP) is 4.05. The van der Waals surface area contributed by atoms with E-state index in [1.165, 1.54) is 0 Å². The highest BCUT2D eigenvalue weighted by atomic mass is 16.3. The summed E-state index contributed by atoms with van der Waals surface area (Å²) < 4.78 is 5.73. The standard InChI is InChI=1S/C16H23N3O2/c1-15(2,3)13-18-11-9-10(7-8-12(11)21-13)17-14(20)19-16(4,5)6/h7-9H,1-6H3,(H2,17,19,20). The van der Waals surface area contributed by atoms with Gasteiger partial charge in [0.2, 0.25) is 5.89 Å². The molecule has 2 amide bonds. The highest BCUT2D eigenvalue weighted by Gasteiger charge is 2.21. The lowest BCUT2D eigenvalue weighted by Crippen LogP contribution is -2.43. The van der Waals surface area contributed by atoms with Crippen molar-refractivity contribution in [2.24, 2.45) is 0 Å². The van der Waals surface area contributed by atoms with Crippen LogP contribution in [0.25, 0.3) is 11.1 Å². The SMILES string of the molecule is CC(C)(C)NC(=O)Nc1ccc2oc(C(C)(C)C)nc2c1. The fraction of sp³-hybridized carbons (Fsp3) is 0.500. The van der Waals surface area contributed by atoms with Crippen molar-refractivity contribution in [1.29, 1.82) is 0 Å². The second-order valence-electron chi connectivity index (χ2n) is 7.28. The molecule has 2 rings (SSSR count). The molecule has 0 saturated heterocycles. The first kappa shape index (κ1) is 15.4. The van der Waals surface area contributed by atoms with Gasteiger partial charge in [-0.15, -0.1) is 0 Å². The van der Waals surface area contributed by atoms with E-state index in [0.717, 1.165) is 11.1 Å². The molecule has 1 aromatic carbocycles. The molecule has 0 bridgehead atoms. The lowest BCUT2D eigenvalue weighted by atomic mass is 9.97. The maximum absolute atomic E-state index is 11.9. The summed E-state index contributed by atoms with van der Waals surface area (Å²) >= 11 is 0. The van der Waals surface area contributed by atoms with Gasteiger partial charge in [-0.25, -0.2) is 9.78 Å². The van der Waals surface area contributed by atoms with E-state index in [1.54, 1.807) is 0 Å². The number of hydrogen-bond donors (Lipinski definition) is 2. The largest absolute Gasteiger partial charge is 0.440 e. The van der Waals surface area contributed by atoms with Crippen molar-refractivity contribution in [3.8, 4) is 0 Å². The zero-order valence-corrected chi connectivity index (χ0v) is 13.5. The van der Waals surface area contributed by atoms with Gasteiger partial charge >= 0.3 is 6.03 Å². The van der Waals surface area contributed by atoms with E-state index in [9.17, 15) is 4.79 Å². The lowest BCUT2D eigenvalue weighted by molar-refractivity contribution is 0.244. The van der Waals surface area contributed by atoms with E-state index in [1.807, 2.05) is 59.7 Å². The van der Waals surface area contributed by atoms with Gasteiger partial charge in [0.25, 0.3) is 0 Å². The van der Waals surface area contributed by atoms with Crippen LogP contribution >= 0.6 is 0 Å². The normalized spacial score (nSPS) is 12.5. The summed E-state index contributed by atoms with van der Waals surface area (Å²) in [6.45, 7) is 11.9. The molecular weight excluding hydrogens is 266 g/mol. The zero-order chi connectivity index (χ0) is 15.8. The van der Waals surface area contributed by atoms with Crippen LogP contribution in [0.15, 0.2) is 22.6 Å². The molecule has 0 unspecified atom stereocenters. The Bertz CT molecular complexity index is 660. The number of carbonyl (C=O) groups excluding carboxylic acids is 1. The van der Waals surface area contributed by atoms with E-state index in [2.05, 4.69) is 15.6 Å². The molecule has 0 atom stereocenters. The van der Waals surface area contributed by atoms with Crippen LogP contribution in [0, 0.1) is 0 Å². The molecule has 0 saturated carbocycles. The van der Waals surface area contributed by atoms with E-state index in [0.29, 0.717) is 11.6 Å². The van der Waals surface area contributed by atoms with E-state index in [4.69, 9.17) is 4.42 Å². The predicted molar refractivity (Wildman–Crippen MR) is 84.6 cm³/mol. The fourth-order valence-electron chi connectivity index (χ4n) is 1.83. The Balaban J connectivity index is 2.21. The number of anilines is 1. The highest BCUT2D eigenvalue weighted by Crippen LogP contribution is 2.27. The summed E-state index contributed by atoms with van der Waals surface area (Å²) in [6, 6.07) is 5.21. The van der Waals surface area contributed by atoms with Gasteiger partial charge in [0.15, 0.2) is 5.58 Å². The van der Waals surface area contributed by atoms with Crippen LogP contribution in [0.5, 0.6) is 0 Å². The minimum absolute atomic E-state index is 0.143. The Morgan fingerprint density at radius 1 is 1.14 bits per heavy atom. The summed E-state index contributed by atoms with van der Waals surface area (Å²) in [4.78, 5) is 16.4. The molecule has 5 nitrogen and oxygen atoms in total. The Labute approximate surface area is 125 Å². The van der Waals surface area contributed by atoms with Gasteiger partial charge in [-0.05, 0) is 39.0 Å². The molecule has 0 aliphatic carbocycles. The average molecular weight is 289 g/mol. The molecule has 0 aliphatic rings. The first-order chi connectivity index (χ1) is 9.54. The minimum Gasteiger partial charge on any atom is -0.440 e. The molecular formula is C16H23N3O2. The summed E-state index contributed by atoms with van der Waals surface area (Å²) in [7, 11) is 0. The molecule has 0 radical (unpaired) electrons. The number of hydrogen-bond acceptors (Lipinski definition) is 3. The number of amides is 2. The van der Waals surface area contributed by atoms with Crippen molar-refractivity contribution in [3.05, 3.63) is 24.1 Å². The van der Waals surface area contributed by atoms with Crippen molar-refractivity contribution < 1.29 is 9.21 Å². The van der Waals surface area contributed by atoms with Crippen molar-refractivity contribution in [2.75, 3.05) is 5.32 Å². The number of carbonyl (C=O) groups is 1. The van der Waals surface area contributed by atoms with Gasteiger partial charge in [-0.1, -0.05) is 20.8 Å². The van der Waals surface area contributed by atoms with Crippen LogP contribution in [-0.2, 0) is 5.41 Å². The molecule has 114 valence electrons. The molecule has 0 fully saturated rings. The second kappa shape index (κ2) is 5.06. The van der Waals surface area contributed by atoms with Crippen LogP contribution in [0.1, 0.15) is 47.4 Å². The van der Waals surface area contributed by atoms with Gasteiger partial charge in [0, 0.05) is 16.6 Å². The Morgan fingerprint density at radius 2 is 1.81 bits per heavy atom. The van der Waals surface area contributed by atoms with Gasteiger partial charge < -0.3 is 15.1 Å². The quantitative estimate of drug-likeness (QED) is 0.832. The van der Waals surface area contributed by atoms with Gasteiger partial charge in [0.1, 0.15) is 5.52 Å². The van der Waals surface area contributed by atoms with E-state index < -0.39 is 0 Å². The van der Waals surface area contributed by atoms with Crippen molar-refractivity contribution in [1.82, 2.24) is 10.3 Å². The molecule has 5 heteroatoms. The number of nitrogens with zero attached hydrogens (tertiary/aromatic N) is 1. The maximum atomic E-state index is 11.9. The average Bonchev–Trinajstić information content (AvgIpc) is 2.68. The smallest absolute Gasteiger partial charge is 0.319 e. The Hall–Kier alpha value is -2.04. The molecule has 1 heterocycles. The Kier molecular flexibility index (Phi) is 3.70. The first-order valence-corrected chi connectivity index (χ1v) is 7.05. The molecule has 21 heavy (non-hydrogen) atoms. The van der Waals surface area contributed by atoms with Gasteiger partial charge in [-0.3, -0.25) is 0 Å². The third-order valence-electron chi connectivity index (χ3n) is 2.78. The highest BCUT2D eigenvalue weighted by molar-refractivity contribution is 5.91. The fourth-order valence-corrected chi connectivity index (χ4v) is 1.83. The molecule has 0 spiro atoms. The number of benzene rings is 1. The second-order valence-corrected chi connectivity index (χ2v) is 7.28. The van der Waals surface area contributed by atoms with Crippen LogP contribution in [-0.4, -0.2) is 16.6 Å². The number of fused-ring (bicyclic) bond motifs is 1. The summed E-state index contributed by atoms with van der Waals surface area (Å²) in [5.74, 6) is 0.689. The molecule has 0 aliphatic heterocycles. The van der Waals surface area contributed by atoms with E-state index >= 15 is 0 Å². The Morgan fingerprint density at radius 3 is 2.38 bits per heavy atom. The topological polar surface area (TPSA) is 67.2 Å². The van der Waals surface area contributed by atoms with Crippen LogP contribution in [0.2, 0.25) is 0 Å². The maximum Gasteiger partial charge on any atom is 0.319 e. The van der Waals surface area contributed by atoms with Gasteiger partial charge in [0.05, 0.1) is 0 Å². The van der Waals surface area contributed by atoms with Crippen molar-refractivity contribution >= 4 is 22.8 Å². The van der Waals surface area contributed by atoms with Crippen LogP contribution in [0.3, 0.4) is 0 Å². The molecule has 2 aromatic rings. The third-order valence-corrected chi connectivity index (χ3v) is 2.78. The van der Waals surface area contributed by atoms with Crippen molar-refractivity contribution in [2.45, 2.75) is 52.5 Å². The minimum atomic E-state index is -0.276. The van der Waals surface area contributed by atoms with Crippen molar-refractivity contribution in [3.63, 3.8) is 0 Å². The van der Waals surface area contributed by atoms with E-state index in [-0.39, 0.29) is 17.0 Å². The number of nitrogens with one attached hydrogen (secondary N) is 2. The number of urea groups is 1. The molecule has 2 N–H and O–H groups in total. The van der Waals surface area contributed by atoms with Crippen LogP contribution < -0.4 is 10.6 Å². The number of rotatable bonds is 1. The summed E-state index contributed by atoms with van der Waals surface area (Å²) in [5.41, 5.74) is 1.74. The number of oxazole rings is 1. The summed E-state index contributed by atoms with van der Waals surface area (Å²) in [5, 5.41) is 5.66. The molecule has 1 aromatic heterocycles. The lowest BCUT2D eigenvalue weighted by Gasteiger charge is -2.20. The van der Waals surface area contributed by atoms with Crippen LogP contribution in [0.4, 0.5) is 10.5 Å².